The first-order valence-electron chi connectivity index (χ1n) is 10.7. The fourth-order valence-corrected chi connectivity index (χ4v) is 3.55. The average molecular weight is 409 g/mol. The Morgan fingerprint density at radius 2 is 1.60 bits per heavy atom. The van der Waals surface area contributed by atoms with Gasteiger partial charge in [-0.1, -0.05) is 13.0 Å². The van der Waals surface area contributed by atoms with Gasteiger partial charge < -0.3 is 20.9 Å². The molecule has 1 aliphatic heterocycles. The minimum absolute atomic E-state index is 0.0913. The Morgan fingerprint density at radius 3 is 2.23 bits per heavy atom. The van der Waals surface area contributed by atoms with Gasteiger partial charge in [-0.15, -0.1) is 0 Å². The van der Waals surface area contributed by atoms with Gasteiger partial charge in [0.05, 0.1) is 5.56 Å². The predicted octanol–water partition coefficient (Wildman–Crippen LogP) is 5.08. The highest BCUT2D eigenvalue weighted by Gasteiger charge is 2.21. The van der Waals surface area contributed by atoms with Gasteiger partial charge in [0.1, 0.15) is 0 Å². The molecule has 2 aromatic carbocycles. The Labute approximate surface area is 179 Å². The topological polar surface area (TPSA) is 73.5 Å². The van der Waals surface area contributed by atoms with E-state index in [9.17, 15) is 9.59 Å². The molecule has 160 valence electrons. The van der Waals surface area contributed by atoms with Gasteiger partial charge >= 0.3 is 6.03 Å². The van der Waals surface area contributed by atoms with Crippen molar-refractivity contribution < 1.29 is 9.59 Å². The molecule has 6 nitrogen and oxygen atoms in total. The number of nitrogens with one attached hydrogen (secondary N) is 3. The molecule has 1 heterocycles. The highest BCUT2D eigenvalue weighted by molar-refractivity contribution is 6.04. The SMILES string of the molecule is CC[C@H](C)NC(=O)c1cc(NC(=O)Nc2ccc(C)c(C)c2)ccc1N1CCCC1. The quantitative estimate of drug-likeness (QED) is 0.624. The van der Waals surface area contributed by atoms with Gasteiger partial charge in [-0.2, -0.15) is 0 Å². The molecule has 0 unspecified atom stereocenters. The van der Waals surface area contributed by atoms with E-state index in [1.54, 1.807) is 6.07 Å². The van der Waals surface area contributed by atoms with Gasteiger partial charge in [-0.05, 0) is 81.5 Å². The Morgan fingerprint density at radius 1 is 0.967 bits per heavy atom. The van der Waals surface area contributed by atoms with Crippen molar-refractivity contribution in [2.45, 2.75) is 53.0 Å². The zero-order valence-electron chi connectivity index (χ0n) is 18.3. The van der Waals surface area contributed by atoms with Crippen molar-refractivity contribution in [1.29, 1.82) is 0 Å². The summed E-state index contributed by atoms with van der Waals surface area (Å²) in [5.41, 5.74) is 5.14. The maximum Gasteiger partial charge on any atom is 0.323 e. The fourth-order valence-electron chi connectivity index (χ4n) is 3.55. The van der Waals surface area contributed by atoms with Crippen LogP contribution in [-0.4, -0.2) is 31.1 Å². The lowest BCUT2D eigenvalue weighted by molar-refractivity contribution is 0.0939. The lowest BCUT2D eigenvalue weighted by Crippen LogP contribution is -2.33. The molecule has 0 radical (unpaired) electrons. The minimum Gasteiger partial charge on any atom is -0.371 e. The summed E-state index contributed by atoms with van der Waals surface area (Å²) in [6.07, 6.45) is 3.12. The highest BCUT2D eigenvalue weighted by atomic mass is 16.2. The standard InChI is InChI=1S/C24H32N4O2/c1-5-18(4)25-23(29)21-15-20(10-11-22(21)28-12-6-7-13-28)27-24(30)26-19-9-8-16(2)17(3)14-19/h8-11,14-15,18H,5-7,12-13H2,1-4H3,(H,25,29)(H2,26,27,30)/t18-/m0/s1. The van der Waals surface area contributed by atoms with Crippen molar-refractivity contribution in [3.63, 3.8) is 0 Å². The first kappa shape index (κ1) is 21.7. The largest absolute Gasteiger partial charge is 0.371 e. The minimum atomic E-state index is -0.333. The maximum absolute atomic E-state index is 12.9. The van der Waals surface area contributed by atoms with Crippen LogP contribution >= 0.6 is 0 Å². The lowest BCUT2D eigenvalue weighted by Gasteiger charge is -2.23. The summed E-state index contributed by atoms with van der Waals surface area (Å²) in [6, 6.07) is 11.1. The molecular weight excluding hydrogens is 376 g/mol. The van der Waals surface area contributed by atoms with Crippen molar-refractivity contribution in [3.05, 3.63) is 53.1 Å². The van der Waals surface area contributed by atoms with Crippen LogP contribution in [0.5, 0.6) is 0 Å². The third-order valence-electron chi connectivity index (χ3n) is 5.70. The van der Waals surface area contributed by atoms with Crippen LogP contribution in [0.1, 0.15) is 54.6 Å². The third kappa shape index (κ3) is 5.32. The fraction of sp³-hybridized carbons (Fsp3) is 0.417. The number of hydrogen-bond acceptors (Lipinski definition) is 3. The van der Waals surface area contributed by atoms with Crippen molar-refractivity contribution in [2.75, 3.05) is 28.6 Å². The van der Waals surface area contributed by atoms with Crippen LogP contribution < -0.4 is 20.9 Å². The van der Waals surface area contributed by atoms with Crippen molar-refractivity contribution in [2.24, 2.45) is 0 Å². The summed E-state index contributed by atoms with van der Waals surface area (Å²) < 4.78 is 0. The number of aryl methyl sites for hydroxylation is 2. The maximum atomic E-state index is 12.9. The van der Waals surface area contributed by atoms with E-state index in [1.807, 2.05) is 58.0 Å². The van der Waals surface area contributed by atoms with E-state index in [1.165, 1.54) is 5.56 Å². The van der Waals surface area contributed by atoms with Crippen LogP contribution in [0, 0.1) is 13.8 Å². The summed E-state index contributed by atoms with van der Waals surface area (Å²) in [7, 11) is 0. The van der Waals surface area contributed by atoms with E-state index in [0.29, 0.717) is 11.3 Å². The van der Waals surface area contributed by atoms with Gasteiger partial charge in [0, 0.05) is 36.2 Å². The van der Waals surface area contributed by atoms with E-state index in [2.05, 4.69) is 20.9 Å². The van der Waals surface area contributed by atoms with Gasteiger partial charge in [0.15, 0.2) is 0 Å². The molecule has 6 heteroatoms. The van der Waals surface area contributed by atoms with Crippen LogP contribution in [0.3, 0.4) is 0 Å². The summed E-state index contributed by atoms with van der Waals surface area (Å²) in [6.45, 7) is 9.98. The number of carbonyl (C=O) groups excluding carboxylic acids is 2. The van der Waals surface area contributed by atoms with Crippen molar-refractivity contribution in [3.8, 4) is 0 Å². The molecule has 0 spiro atoms. The van der Waals surface area contributed by atoms with E-state index in [0.717, 1.165) is 49.3 Å². The third-order valence-corrected chi connectivity index (χ3v) is 5.70. The van der Waals surface area contributed by atoms with Gasteiger partial charge in [-0.25, -0.2) is 4.79 Å². The van der Waals surface area contributed by atoms with Crippen LogP contribution in [0.15, 0.2) is 36.4 Å². The number of amides is 3. The Bertz CT molecular complexity index is 919. The van der Waals surface area contributed by atoms with Gasteiger partial charge in [0.25, 0.3) is 5.91 Å². The van der Waals surface area contributed by atoms with Gasteiger partial charge in [0.2, 0.25) is 0 Å². The molecule has 2 aromatic rings. The Balaban J connectivity index is 1.78. The molecule has 3 amide bonds. The monoisotopic (exact) mass is 408 g/mol. The summed E-state index contributed by atoms with van der Waals surface area (Å²) in [5.74, 6) is -0.107. The molecule has 1 saturated heterocycles. The van der Waals surface area contributed by atoms with Crippen LogP contribution in [0.4, 0.5) is 21.9 Å². The molecule has 3 rings (SSSR count). The van der Waals surface area contributed by atoms with E-state index >= 15 is 0 Å². The molecule has 0 aliphatic carbocycles. The van der Waals surface area contributed by atoms with Gasteiger partial charge in [-0.3, -0.25) is 4.79 Å². The molecule has 0 aromatic heterocycles. The van der Waals surface area contributed by atoms with Crippen molar-refractivity contribution >= 4 is 29.0 Å². The highest BCUT2D eigenvalue weighted by Crippen LogP contribution is 2.28. The number of nitrogens with zero attached hydrogens (tertiary/aromatic N) is 1. The predicted molar refractivity (Wildman–Crippen MR) is 124 cm³/mol. The molecule has 30 heavy (non-hydrogen) atoms. The molecule has 1 atom stereocenters. The second-order valence-electron chi connectivity index (χ2n) is 8.09. The number of rotatable bonds is 6. The molecule has 0 bridgehead atoms. The molecule has 0 saturated carbocycles. The smallest absolute Gasteiger partial charge is 0.323 e. The Kier molecular flexibility index (Phi) is 6.98. The van der Waals surface area contributed by atoms with Crippen LogP contribution in [0.2, 0.25) is 0 Å². The van der Waals surface area contributed by atoms with Crippen LogP contribution in [-0.2, 0) is 0 Å². The van der Waals surface area contributed by atoms with E-state index in [-0.39, 0.29) is 18.0 Å². The van der Waals surface area contributed by atoms with Crippen LogP contribution in [0.25, 0.3) is 0 Å². The van der Waals surface area contributed by atoms with E-state index < -0.39 is 0 Å². The second-order valence-corrected chi connectivity index (χ2v) is 8.09. The summed E-state index contributed by atoms with van der Waals surface area (Å²) in [5, 5.41) is 8.76. The molecule has 3 N–H and O–H groups in total. The normalized spacial score (nSPS) is 14.3. The number of hydrogen-bond donors (Lipinski definition) is 3. The molecular formula is C24H32N4O2. The first-order chi connectivity index (χ1) is 14.4. The number of anilines is 3. The number of benzene rings is 2. The lowest BCUT2D eigenvalue weighted by atomic mass is 10.1. The zero-order chi connectivity index (χ0) is 21.7. The first-order valence-corrected chi connectivity index (χ1v) is 10.7. The number of carbonyl (C=O) groups is 2. The Hall–Kier alpha value is -3.02. The molecule has 1 aliphatic rings. The average Bonchev–Trinajstić information content (AvgIpc) is 3.25. The molecule has 1 fully saturated rings. The summed E-state index contributed by atoms with van der Waals surface area (Å²) in [4.78, 5) is 27.7. The van der Waals surface area contributed by atoms with Crippen molar-refractivity contribution in [1.82, 2.24) is 5.32 Å². The number of urea groups is 1. The van der Waals surface area contributed by atoms with E-state index in [4.69, 9.17) is 0 Å². The zero-order valence-corrected chi connectivity index (χ0v) is 18.3. The second kappa shape index (κ2) is 9.65. The summed E-state index contributed by atoms with van der Waals surface area (Å²) >= 11 is 0.